The van der Waals surface area contributed by atoms with E-state index >= 15 is 0 Å². The Morgan fingerprint density at radius 2 is 2.25 bits per heavy atom. The fourth-order valence-corrected chi connectivity index (χ4v) is 1.49. The Morgan fingerprint density at radius 1 is 1.62 bits per heavy atom. The van der Waals surface area contributed by atoms with Gasteiger partial charge in [-0.15, -0.1) is 0 Å². The second-order valence-electron chi connectivity index (χ2n) is 2.95. The Hall–Kier alpha value is -1.24. The molecule has 0 amide bonds. The first-order valence-electron chi connectivity index (χ1n) is 4.22. The summed E-state index contributed by atoms with van der Waals surface area (Å²) in [5.74, 6) is -0.613. The molecule has 0 saturated heterocycles. The lowest BCUT2D eigenvalue weighted by atomic mass is 10.2. The highest BCUT2D eigenvalue weighted by Gasteiger charge is 2.16. The number of nitrogens with one attached hydrogen (secondary N) is 1. The van der Waals surface area contributed by atoms with Crippen LogP contribution in [0, 0.1) is 0 Å². The van der Waals surface area contributed by atoms with Gasteiger partial charge >= 0.3 is 5.97 Å². The van der Waals surface area contributed by atoms with Crippen LogP contribution in [-0.4, -0.2) is 18.1 Å². The minimum Gasteiger partial charge on any atom is -0.469 e. The van der Waals surface area contributed by atoms with Crippen LogP contribution in [0.2, 0.25) is 0 Å². The molecule has 1 rings (SSSR count). The lowest BCUT2D eigenvalue weighted by Gasteiger charge is -2.05. The number of rotatable bonds is 3. The minimum absolute atomic E-state index is 0.0929. The Bertz CT molecular complexity index is 459. The molecule has 0 fully saturated rings. The first kappa shape index (κ1) is 12.8. The van der Waals surface area contributed by atoms with E-state index in [-0.39, 0.29) is 16.6 Å². The fourth-order valence-electron chi connectivity index (χ4n) is 1.10. The molecule has 0 atom stereocenters. The Kier molecular flexibility index (Phi) is 4.17. The van der Waals surface area contributed by atoms with Crippen molar-refractivity contribution in [3.8, 4) is 0 Å². The SMILES string of the molecule is COC(=O)Cc1cc(C(F)F)c(Br)c(=O)[nH]1. The molecule has 1 heterocycles. The van der Waals surface area contributed by atoms with Gasteiger partial charge in [0.1, 0.15) is 0 Å². The van der Waals surface area contributed by atoms with Crippen LogP contribution >= 0.6 is 15.9 Å². The molecule has 7 heteroatoms. The summed E-state index contributed by atoms with van der Waals surface area (Å²) in [6, 6.07) is 1.06. The van der Waals surface area contributed by atoms with Crippen LogP contribution in [0.5, 0.6) is 0 Å². The van der Waals surface area contributed by atoms with Gasteiger partial charge in [-0.25, -0.2) is 8.78 Å². The predicted octanol–water partition coefficient (Wildman–Crippen LogP) is 1.79. The summed E-state index contributed by atoms with van der Waals surface area (Å²) in [7, 11) is 1.17. The van der Waals surface area contributed by atoms with Gasteiger partial charge in [-0.1, -0.05) is 0 Å². The number of aromatic amines is 1. The van der Waals surface area contributed by atoms with Gasteiger partial charge in [-0.2, -0.15) is 0 Å². The average molecular weight is 296 g/mol. The van der Waals surface area contributed by atoms with Crippen LogP contribution < -0.4 is 5.56 Å². The number of alkyl halides is 2. The van der Waals surface area contributed by atoms with Crippen molar-refractivity contribution in [2.24, 2.45) is 0 Å². The molecule has 1 aromatic rings. The predicted molar refractivity (Wildman–Crippen MR) is 55.4 cm³/mol. The molecular weight excluding hydrogens is 288 g/mol. The molecule has 0 unspecified atom stereocenters. The molecule has 0 bridgehead atoms. The molecule has 0 aliphatic heterocycles. The van der Waals surface area contributed by atoms with Crippen LogP contribution in [-0.2, 0) is 16.0 Å². The summed E-state index contributed by atoms with van der Waals surface area (Å²) in [6.07, 6.45) is -3.04. The zero-order chi connectivity index (χ0) is 12.3. The highest BCUT2D eigenvalue weighted by Crippen LogP contribution is 2.24. The van der Waals surface area contributed by atoms with Gasteiger partial charge < -0.3 is 9.72 Å². The lowest BCUT2D eigenvalue weighted by Crippen LogP contribution is -2.16. The number of pyridine rings is 1. The molecule has 0 aromatic carbocycles. The number of hydrogen-bond acceptors (Lipinski definition) is 3. The number of halogens is 3. The number of esters is 1. The quantitative estimate of drug-likeness (QED) is 0.865. The van der Waals surface area contributed by atoms with E-state index < -0.39 is 23.5 Å². The summed E-state index contributed by atoms with van der Waals surface area (Å²) >= 11 is 2.76. The van der Waals surface area contributed by atoms with Gasteiger partial charge in [0.2, 0.25) is 0 Å². The van der Waals surface area contributed by atoms with Gasteiger partial charge in [-0.3, -0.25) is 9.59 Å². The van der Waals surface area contributed by atoms with E-state index in [4.69, 9.17) is 0 Å². The van der Waals surface area contributed by atoms with E-state index in [0.29, 0.717) is 0 Å². The maximum Gasteiger partial charge on any atom is 0.311 e. The molecule has 16 heavy (non-hydrogen) atoms. The molecule has 4 nitrogen and oxygen atoms in total. The first-order chi connectivity index (χ1) is 7.45. The van der Waals surface area contributed by atoms with Gasteiger partial charge in [0, 0.05) is 11.3 Å². The minimum atomic E-state index is -2.78. The number of carbonyl (C=O) groups is 1. The monoisotopic (exact) mass is 295 g/mol. The molecular formula is C9H8BrF2NO3. The van der Waals surface area contributed by atoms with Crippen molar-refractivity contribution >= 4 is 21.9 Å². The third kappa shape index (κ3) is 2.88. The topological polar surface area (TPSA) is 59.2 Å². The summed E-state index contributed by atoms with van der Waals surface area (Å²) in [4.78, 5) is 24.5. The number of methoxy groups -OCH3 is 1. The Balaban J connectivity index is 3.14. The number of carbonyl (C=O) groups excluding carboxylic acids is 1. The molecule has 0 radical (unpaired) electrons. The number of hydrogen-bond donors (Lipinski definition) is 1. The average Bonchev–Trinajstić information content (AvgIpc) is 2.22. The van der Waals surface area contributed by atoms with E-state index in [1.807, 2.05) is 0 Å². The second-order valence-corrected chi connectivity index (χ2v) is 3.74. The van der Waals surface area contributed by atoms with Crippen molar-refractivity contribution in [3.63, 3.8) is 0 Å². The van der Waals surface area contributed by atoms with Gasteiger partial charge in [-0.05, 0) is 22.0 Å². The van der Waals surface area contributed by atoms with E-state index in [1.54, 1.807) is 0 Å². The number of H-pyrrole nitrogens is 1. The number of aromatic nitrogens is 1. The van der Waals surface area contributed by atoms with Gasteiger partial charge in [0.15, 0.2) is 0 Å². The van der Waals surface area contributed by atoms with Crippen molar-refractivity contribution in [1.82, 2.24) is 4.98 Å². The van der Waals surface area contributed by atoms with Crippen LogP contribution in [0.4, 0.5) is 8.78 Å². The number of ether oxygens (including phenoxy) is 1. The third-order valence-corrected chi connectivity index (χ3v) is 2.67. The first-order valence-corrected chi connectivity index (χ1v) is 5.01. The maximum atomic E-state index is 12.5. The molecule has 88 valence electrons. The van der Waals surface area contributed by atoms with Crippen molar-refractivity contribution in [3.05, 3.63) is 32.2 Å². The van der Waals surface area contributed by atoms with E-state index in [9.17, 15) is 18.4 Å². The Morgan fingerprint density at radius 3 is 2.75 bits per heavy atom. The molecule has 1 N–H and O–H groups in total. The highest BCUT2D eigenvalue weighted by atomic mass is 79.9. The van der Waals surface area contributed by atoms with Crippen molar-refractivity contribution in [1.29, 1.82) is 0 Å². The summed E-state index contributed by atoms with van der Waals surface area (Å²) in [6.45, 7) is 0. The highest BCUT2D eigenvalue weighted by molar-refractivity contribution is 9.10. The third-order valence-electron chi connectivity index (χ3n) is 1.85. The van der Waals surface area contributed by atoms with E-state index in [1.165, 1.54) is 7.11 Å². The maximum absolute atomic E-state index is 12.5. The largest absolute Gasteiger partial charge is 0.469 e. The lowest BCUT2D eigenvalue weighted by molar-refractivity contribution is -0.139. The zero-order valence-corrected chi connectivity index (χ0v) is 9.81. The molecule has 0 saturated carbocycles. The molecule has 0 aliphatic carbocycles. The normalized spacial score (nSPS) is 10.6. The smallest absolute Gasteiger partial charge is 0.311 e. The molecule has 0 spiro atoms. The molecule has 1 aromatic heterocycles. The van der Waals surface area contributed by atoms with Crippen LogP contribution in [0.1, 0.15) is 17.7 Å². The fraction of sp³-hybridized carbons (Fsp3) is 0.333. The standard InChI is InChI=1S/C9H8BrF2NO3/c1-16-6(14)3-4-2-5(8(11)12)7(10)9(15)13-4/h2,8H,3H2,1H3,(H,13,15). The molecule has 0 aliphatic rings. The van der Waals surface area contributed by atoms with Crippen LogP contribution in [0.25, 0.3) is 0 Å². The van der Waals surface area contributed by atoms with Gasteiger partial charge in [0.25, 0.3) is 12.0 Å². The van der Waals surface area contributed by atoms with E-state index in [2.05, 4.69) is 25.7 Å². The summed E-state index contributed by atoms with van der Waals surface area (Å²) in [5.41, 5.74) is -1.05. The van der Waals surface area contributed by atoms with Crippen molar-refractivity contribution in [2.45, 2.75) is 12.8 Å². The second kappa shape index (κ2) is 5.20. The van der Waals surface area contributed by atoms with Crippen LogP contribution in [0.3, 0.4) is 0 Å². The van der Waals surface area contributed by atoms with Gasteiger partial charge in [0.05, 0.1) is 18.0 Å². The van der Waals surface area contributed by atoms with Crippen LogP contribution in [0.15, 0.2) is 15.3 Å². The van der Waals surface area contributed by atoms with Crippen molar-refractivity contribution < 1.29 is 18.3 Å². The zero-order valence-electron chi connectivity index (χ0n) is 8.22. The Labute approximate surface area is 97.7 Å². The van der Waals surface area contributed by atoms with Crippen molar-refractivity contribution in [2.75, 3.05) is 7.11 Å². The van der Waals surface area contributed by atoms with E-state index in [0.717, 1.165) is 6.07 Å². The summed E-state index contributed by atoms with van der Waals surface area (Å²) in [5, 5.41) is 0. The summed E-state index contributed by atoms with van der Waals surface area (Å²) < 4.78 is 29.2.